The minimum Gasteiger partial charge on any atom is -0.487 e. The molecule has 1 fully saturated rings. The maximum absolute atomic E-state index is 12.9. The number of thioether (sulfide) groups is 1. The molecule has 3 aromatic carbocycles. The van der Waals surface area contributed by atoms with E-state index in [1.165, 1.54) is 5.56 Å². The lowest BCUT2D eigenvalue weighted by molar-refractivity contribution is -0.127. The highest BCUT2D eigenvalue weighted by Crippen LogP contribution is 2.38. The van der Waals surface area contributed by atoms with E-state index in [0.29, 0.717) is 32.6 Å². The number of nitrogens with one attached hydrogen (secondary N) is 1. The predicted molar refractivity (Wildman–Crippen MR) is 150 cm³/mol. The summed E-state index contributed by atoms with van der Waals surface area (Å²) in [4.78, 5) is 38.9. The van der Waals surface area contributed by atoms with Crippen molar-refractivity contribution < 1.29 is 19.1 Å². The Morgan fingerprint density at radius 1 is 0.972 bits per heavy atom. The molecule has 1 heterocycles. The molecule has 4 rings (SSSR count). The Kier molecular flexibility index (Phi) is 8.33. The highest BCUT2D eigenvalue weighted by molar-refractivity contribution is 9.11. The smallest absolute Gasteiger partial charge is 0.294 e. The van der Waals surface area contributed by atoms with Crippen molar-refractivity contribution in [1.82, 2.24) is 4.90 Å². The second-order valence-corrected chi connectivity index (χ2v) is 11.0. The monoisotopic (exact) mass is 628 g/mol. The molecule has 1 saturated heterocycles. The molecule has 36 heavy (non-hydrogen) atoms. The Morgan fingerprint density at radius 3 is 2.17 bits per heavy atom. The molecule has 0 atom stereocenters. The summed E-state index contributed by atoms with van der Waals surface area (Å²) in [6.45, 7) is 4.03. The van der Waals surface area contributed by atoms with E-state index in [0.717, 1.165) is 27.8 Å². The van der Waals surface area contributed by atoms with Gasteiger partial charge in [0.15, 0.2) is 0 Å². The van der Waals surface area contributed by atoms with Crippen LogP contribution >= 0.6 is 43.6 Å². The molecule has 1 aliphatic rings. The fraction of sp³-hybridized carbons (Fsp3) is 0.148. The fourth-order valence-electron chi connectivity index (χ4n) is 3.41. The number of nitrogens with zero attached hydrogens (tertiary/aromatic N) is 1. The number of ether oxygens (including phenoxy) is 1. The number of carbonyl (C=O) groups excluding carboxylic acids is 3. The summed E-state index contributed by atoms with van der Waals surface area (Å²) >= 11 is 7.88. The van der Waals surface area contributed by atoms with E-state index >= 15 is 0 Å². The molecular formula is C27H22Br2N2O4S. The zero-order valence-electron chi connectivity index (χ0n) is 19.5. The molecule has 0 spiro atoms. The first-order chi connectivity index (χ1) is 17.2. The Morgan fingerprint density at radius 2 is 1.56 bits per heavy atom. The summed E-state index contributed by atoms with van der Waals surface area (Å²) in [7, 11) is 0. The minimum atomic E-state index is -0.504. The first-order valence-corrected chi connectivity index (χ1v) is 13.4. The Bertz CT molecular complexity index is 1330. The molecule has 0 bridgehead atoms. The lowest BCUT2D eigenvalue weighted by Gasteiger charge is -2.13. The van der Waals surface area contributed by atoms with Gasteiger partial charge in [-0.2, -0.15) is 0 Å². The molecule has 6 nitrogen and oxygen atoms in total. The average Bonchev–Trinajstić information content (AvgIpc) is 3.08. The van der Waals surface area contributed by atoms with Crippen molar-refractivity contribution >= 4 is 72.4 Å². The molecule has 0 unspecified atom stereocenters. The quantitative estimate of drug-likeness (QED) is 0.283. The third kappa shape index (κ3) is 6.46. The molecule has 3 amide bonds. The van der Waals surface area contributed by atoms with Crippen LogP contribution in [-0.4, -0.2) is 28.5 Å². The van der Waals surface area contributed by atoms with E-state index in [1.54, 1.807) is 18.2 Å². The van der Waals surface area contributed by atoms with Gasteiger partial charge in [0.25, 0.3) is 11.1 Å². The second kappa shape index (κ2) is 11.5. The van der Waals surface area contributed by atoms with Crippen molar-refractivity contribution in [3.63, 3.8) is 0 Å². The lowest BCUT2D eigenvalue weighted by atomic mass is 10.1. The molecule has 9 heteroatoms. The number of carbonyl (C=O) groups is 3. The summed E-state index contributed by atoms with van der Waals surface area (Å²) in [6.07, 6.45) is 1.63. The Balaban J connectivity index is 1.43. The van der Waals surface area contributed by atoms with Crippen molar-refractivity contribution in [1.29, 1.82) is 0 Å². The van der Waals surface area contributed by atoms with Crippen molar-refractivity contribution in [2.24, 2.45) is 0 Å². The number of anilines is 1. The topological polar surface area (TPSA) is 75.7 Å². The number of hydrogen-bond donors (Lipinski definition) is 1. The van der Waals surface area contributed by atoms with E-state index in [1.807, 2.05) is 62.4 Å². The second-order valence-electron chi connectivity index (χ2n) is 8.27. The highest BCUT2D eigenvalue weighted by Gasteiger charge is 2.36. The number of halogens is 2. The average molecular weight is 630 g/mol. The zero-order chi connectivity index (χ0) is 25.8. The van der Waals surface area contributed by atoms with Crippen LogP contribution in [0, 0.1) is 13.8 Å². The van der Waals surface area contributed by atoms with Crippen LogP contribution in [0.5, 0.6) is 5.75 Å². The lowest BCUT2D eigenvalue weighted by Crippen LogP contribution is -2.36. The maximum Gasteiger partial charge on any atom is 0.294 e. The molecule has 0 radical (unpaired) electrons. The number of rotatable bonds is 7. The van der Waals surface area contributed by atoms with E-state index < -0.39 is 17.1 Å². The number of benzene rings is 3. The molecule has 1 aliphatic heterocycles. The van der Waals surface area contributed by atoms with Crippen LogP contribution < -0.4 is 10.1 Å². The zero-order valence-corrected chi connectivity index (χ0v) is 23.5. The van der Waals surface area contributed by atoms with Crippen LogP contribution in [0.3, 0.4) is 0 Å². The predicted octanol–water partition coefficient (Wildman–Crippen LogP) is 7.08. The van der Waals surface area contributed by atoms with Gasteiger partial charge in [-0.3, -0.25) is 19.3 Å². The fourth-order valence-corrected chi connectivity index (χ4v) is 5.70. The molecule has 1 N–H and O–H groups in total. The Hall–Kier alpha value is -2.88. The third-order valence-corrected chi connectivity index (χ3v) is 7.42. The SMILES string of the molecule is Cc1ccc(COc2c(Br)cc(/C=C3\SC(=O)N(CC(=O)Nc4ccc(C)cc4)C3=O)cc2Br)cc1. The van der Waals surface area contributed by atoms with Gasteiger partial charge in [0, 0.05) is 5.69 Å². The van der Waals surface area contributed by atoms with Gasteiger partial charge in [0.2, 0.25) is 5.91 Å². The summed E-state index contributed by atoms with van der Waals surface area (Å²) in [5.41, 5.74) is 4.59. The minimum absolute atomic E-state index is 0.246. The molecule has 0 saturated carbocycles. The van der Waals surface area contributed by atoms with Crippen LogP contribution in [0.2, 0.25) is 0 Å². The van der Waals surface area contributed by atoms with Gasteiger partial charge >= 0.3 is 0 Å². The molecular weight excluding hydrogens is 608 g/mol. The van der Waals surface area contributed by atoms with E-state index in [2.05, 4.69) is 37.2 Å². The van der Waals surface area contributed by atoms with Crippen LogP contribution in [0.25, 0.3) is 6.08 Å². The van der Waals surface area contributed by atoms with Gasteiger partial charge in [-0.25, -0.2) is 0 Å². The van der Waals surface area contributed by atoms with Crippen molar-refractivity contribution in [2.45, 2.75) is 20.5 Å². The largest absolute Gasteiger partial charge is 0.487 e. The maximum atomic E-state index is 12.9. The summed E-state index contributed by atoms with van der Waals surface area (Å²) in [5.74, 6) is -0.312. The summed E-state index contributed by atoms with van der Waals surface area (Å²) < 4.78 is 7.38. The molecule has 0 aromatic heterocycles. The van der Waals surface area contributed by atoms with Gasteiger partial charge in [-0.05, 0) is 98.9 Å². The first-order valence-electron chi connectivity index (χ1n) is 11.0. The Labute approximate surface area is 230 Å². The van der Waals surface area contributed by atoms with Gasteiger partial charge < -0.3 is 10.1 Å². The number of hydrogen-bond acceptors (Lipinski definition) is 5. The van der Waals surface area contributed by atoms with Crippen molar-refractivity contribution in [3.05, 3.63) is 96.8 Å². The van der Waals surface area contributed by atoms with Gasteiger partial charge in [0.05, 0.1) is 13.9 Å². The van der Waals surface area contributed by atoms with E-state index in [-0.39, 0.29) is 11.4 Å². The first kappa shape index (κ1) is 26.2. The standard InChI is InChI=1S/C27H22Br2N2O4S/c1-16-3-7-18(8-4-16)15-35-25-21(28)11-19(12-22(25)29)13-23-26(33)31(27(34)36-23)14-24(32)30-20-9-5-17(2)6-10-20/h3-13H,14-15H2,1-2H3,(H,30,32)/b23-13-. The third-order valence-electron chi connectivity index (χ3n) is 5.33. The normalized spacial score (nSPS) is 14.4. The van der Waals surface area contributed by atoms with Gasteiger partial charge in [-0.1, -0.05) is 47.5 Å². The van der Waals surface area contributed by atoms with Crippen molar-refractivity contribution in [3.8, 4) is 5.75 Å². The number of amides is 3. The van der Waals surface area contributed by atoms with Gasteiger partial charge in [0.1, 0.15) is 18.9 Å². The molecule has 0 aliphatic carbocycles. The number of aryl methyl sites for hydroxylation is 2. The van der Waals surface area contributed by atoms with Crippen LogP contribution in [-0.2, 0) is 16.2 Å². The number of imide groups is 1. The summed E-state index contributed by atoms with van der Waals surface area (Å²) in [6, 6.07) is 19.0. The van der Waals surface area contributed by atoms with Crippen LogP contribution in [0.4, 0.5) is 10.5 Å². The van der Waals surface area contributed by atoms with Crippen LogP contribution in [0.1, 0.15) is 22.3 Å². The van der Waals surface area contributed by atoms with E-state index in [4.69, 9.17) is 4.74 Å². The van der Waals surface area contributed by atoms with Crippen molar-refractivity contribution in [2.75, 3.05) is 11.9 Å². The molecule has 184 valence electrons. The van der Waals surface area contributed by atoms with Crippen LogP contribution in [0.15, 0.2) is 74.5 Å². The summed E-state index contributed by atoms with van der Waals surface area (Å²) in [5, 5.41) is 2.22. The highest BCUT2D eigenvalue weighted by atomic mass is 79.9. The molecule has 3 aromatic rings. The van der Waals surface area contributed by atoms with Gasteiger partial charge in [-0.15, -0.1) is 0 Å². The van der Waals surface area contributed by atoms with E-state index in [9.17, 15) is 14.4 Å².